The lowest BCUT2D eigenvalue weighted by molar-refractivity contribution is -0.384. The van der Waals surface area contributed by atoms with E-state index in [-0.39, 0.29) is 23.0 Å². The summed E-state index contributed by atoms with van der Waals surface area (Å²) in [5.41, 5.74) is 1.22. The van der Waals surface area contributed by atoms with E-state index in [1.807, 2.05) is 18.2 Å². The number of carbonyl (C=O) groups excluding carboxylic acids is 1. The Hall–Kier alpha value is -3.68. The maximum atomic E-state index is 12.9. The minimum Gasteiger partial charge on any atom is -0.496 e. The highest BCUT2D eigenvalue weighted by Gasteiger charge is 2.31. The highest BCUT2D eigenvalue weighted by Crippen LogP contribution is 2.36. The number of nitrogens with zero attached hydrogens (tertiary/aromatic N) is 3. The van der Waals surface area contributed by atoms with Gasteiger partial charge < -0.3 is 9.47 Å². The van der Waals surface area contributed by atoms with E-state index in [0.29, 0.717) is 17.3 Å². The van der Waals surface area contributed by atoms with Crippen molar-refractivity contribution in [3.05, 3.63) is 63.8 Å². The Balaban J connectivity index is 2.01. The fourth-order valence-electron chi connectivity index (χ4n) is 2.81. The zero-order chi connectivity index (χ0) is 19.6. The van der Waals surface area contributed by atoms with Crippen LogP contribution in [0.5, 0.6) is 11.5 Å². The highest BCUT2D eigenvalue weighted by atomic mass is 16.6. The first-order chi connectivity index (χ1) is 13.0. The molecule has 27 heavy (non-hydrogen) atoms. The SMILES string of the molecule is COc1ccccc1/C=C1\N=C(C)N(c2ccc([N+](=O)[O-])cc2OC)C1=O. The van der Waals surface area contributed by atoms with Gasteiger partial charge in [-0.05, 0) is 25.1 Å². The van der Waals surface area contributed by atoms with Gasteiger partial charge in [0, 0.05) is 11.6 Å². The summed E-state index contributed by atoms with van der Waals surface area (Å²) in [5.74, 6) is 0.918. The van der Waals surface area contributed by atoms with Gasteiger partial charge in [-0.2, -0.15) is 0 Å². The third-order valence-electron chi connectivity index (χ3n) is 4.07. The number of non-ortho nitro benzene ring substituents is 1. The second-order valence-electron chi connectivity index (χ2n) is 5.68. The minimum absolute atomic E-state index is 0.123. The predicted octanol–water partition coefficient (Wildman–Crippen LogP) is 3.42. The van der Waals surface area contributed by atoms with E-state index in [2.05, 4.69) is 4.99 Å². The van der Waals surface area contributed by atoms with Gasteiger partial charge >= 0.3 is 0 Å². The lowest BCUT2D eigenvalue weighted by Crippen LogP contribution is -2.30. The van der Waals surface area contributed by atoms with Crippen LogP contribution in [0.15, 0.2) is 53.2 Å². The number of nitro groups is 1. The number of ether oxygens (including phenoxy) is 2. The molecule has 0 bridgehead atoms. The monoisotopic (exact) mass is 367 g/mol. The molecule has 0 N–H and O–H groups in total. The second-order valence-corrected chi connectivity index (χ2v) is 5.68. The van der Waals surface area contributed by atoms with Crippen LogP contribution in [-0.2, 0) is 4.79 Å². The normalized spacial score (nSPS) is 15.1. The van der Waals surface area contributed by atoms with Gasteiger partial charge in [0.15, 0.2) is 0 Å². The average Bonchev–Trinajstić information content (AvgIpc) is 2.94. The molecular formula is C19H17N3O5. The molecule has 0 unspecified atom stereocenters. The van der Waals surface area contributed by atoms with Gasteiger partial charge in [0.2, 0.25) is 0 Å². The molecular weight excluding hydrogens is 350 g/mol. The number of aliphatic imine (C=N–C) groups is 1. The van der Waals surface area contributed by atoms with Gasteiger partial charge in [0.25, 0.3) is 11.6 Å². The summed E-state index contributed by atoms with van der Waals surface area (Å²) in [4.78, 5) is 29.1. The van der Waals surface area contributed by atoms with Crippen LogP contribution in [0.2, 0.25) is 0 Å². The topological polar surface area (TPSA) is 94.3 Å². The Morgan fingerprint density at radius 1 is 1.11 bits per heavy atom. The second kappa shape index (κ2) is 7.28. The van der Waals surface area contributed by atoms with Crippen LogP contribution in [0.3, 0.4) is 0 Å². The fourth-order valence-corrected chi connectivity index (χ4v) is 2.81. The molecule has 138 valence electrons. The van der Waals surface area contributed by atoms with Crippen LogP contribution in [0, 0.1) is 10.1 Å². The van der Waals surface area contributed by atoms with Crippen molar-refractivity contribution >= 4 is 29.2 Å². The summed E-state index contributed by atoms with van der Waals surface area (Å²) in [5, 5.41) is 11.0. The maximum Gasteiger partial charge on any atom is 0.282 e. The number of nitro benzene ring substituents is 1. The van der Waals surface area contributed by atoms with Crippen LogP contribution in [0.25, 0.3) is 6.08 Å². The summed E-state index contributed by atoms with van der Waals surface area (Å²) in [6.07, 6.45) is 1.64. The number of para-hydroxylation sites is 1. The fraction of sp³-hybridized carbons (Fsp3) is 0.158. The van der Waals surface area contributed by atoms with Crippen LogP contribution in [0.1, 0.15) is 12.5 Å². The first-order valence-electron chi connectivity index (χ1n) is 8.03. The molecule has 1 heterocycles. The van der Waals surface area contributed by atoms with Crippen molar-refractivity contribution in [1.82, 2.24) is 0 Å². The first-order valence-corrected chi connectivity index (χ1v) is 8.03. The molecule has 0 fully saturated rings. The molecule has 0 atom stereocenters. The van der Waals surface area contributed by atoms with E-state index in [9.17, 15) is 14.9 Å². The van der Waals surface area contributed by atoms with E-state index in [0.717, 1.165) is 5.56 Å². The molecule has 8 heteroatoms. The Morgan fingerprint density at radius 2 is 1.81 bits per heavy atom. The average molecular weight is 367 g/mol. The van der Waals surface area contributed by atoms with Crippen LogP contribution >= 0.6 is 0 Å². The van der Waals surface area contributed by atoms with Crippen LogP contribution in [0.4, 0.5) is 11.4 Å². The highest BCUT2D eigenvalue weighted by molar-refractivity contribution is 6.28. The number of methoxy groups -OCH3 is 2. The standard InChI is InChI=1S/C19H17N3O5/c1-12-20-15(10-13-6-4-5-7-17(13)26-2)19(23)21(12)16-9-8-14(22(24)25)11-18(16)27-3/h4-11H,1-3H3/b15-10-. The molecule has 3 rings (SSSR count). The number of anilines is 1. The number of amidine groups is 1. The number of benzene rings is 2. The summed E-state index contributed by atoms with van der Waals surface area (Å²) >= 11 is 0. The number of rotatable bonds is 5. The molecule has 0 aliphatic carbocycles. The Morgan fingerprint density at radius 3 is 2.48 bits per heavy atom. The van der Waals surface area contributed by atoms with Crippen LogP contribution < -0.4 is 14.4 Å². The lowest BCUT2D eigenvalue weighted by Gasteiger charge is -2.18. The van der Waals surface area contributed by atoms with Gasteiger partial charge in [-0.1, -0.05) is 18.2 Å². The molecule has 0 saturated carbocycles. The molecule has 2 aromatic carbocycles. The van der Waals surface area contributed by atoms with Crippen LogP contribution in [-0.4, -0.2) is 30.9 Å². The molecule has 1 aliphatic heterocycles. The third-order valence-corrected chi connectivity index (χ3v) is 4.07. The van der Waals surface area contributed by atoms with Gasteiger partial charge in [-0.25, -0.2) is 4.99 Å². The van der Waals surface area contributed by atoms with Crippen molar-refractivity contribution < 1.29 is 19.2 Å². The zero-order valence-electron chi connectivity index (χ0n) is 15.0. The Kier molecular flexibility index (Phi) is 4.89. The predicted molar refractivity (Wildman–Crippen MR) is 101 cm³/mol. The largest absolute Gasteiger partial charge is 0.496 e. The van der Waals surface area contributed by atoms with Crippen molar-refractivity contribution in [3.8, 4) is 11.5 Å². The summed E-state index contributed by atoms with van der Waals surface area (Å²) in [7, 11) is 2.94. The number of hydrogen-bond acceptors (Lipinski definition) is 6. The van der Waals surface area contributed by atoms with E-state index in [1.54, 1.807) is 26.2 Å². The lowest BCUT2D eigenvalue weighted by atomic mass is 10.1. The van der Waals surface area contributed by atoms with Crippen molar-refractivity contribution in [2.75, 3.05) is 19.1 Å². The molecule has 0 saturated heterocycles. The van der Waals surface area contributed by atoms with E-state index in [1.165, 1.54) is 30.2 Å². The maximum absolute atomic E-state index is 12.9. The number of amides is 1. The molecule has 0 aromatic heterocycles. The molecule has 0 radical (unpaired) electrons. The molecule has 8 nitrogen and oxygen atoms in total. The van der Waals surface area contributed by atoms with Crippen molar-refractivity contribution in [2.45, 2.75) is 6.92 Å². The van der Waals surface area contributed by atoms with E-state index < -0.39 is 4.92 Å². The van der Waals surface area contributed by atoms with Crippen molar-refractivity contribution in [2.24, 2.45) is 4.99 Å². The Labute approximate surface area is 155 Å². The van der Waals surface area contributed by atoms with Crippen molar-refractivity contribution in [1.29, 1.82) is 0 Å². The van der Waals surface area contributed by atoms with Gasteiger partial charge in [-0.15, -0.1) is 0 Å². The molecule has 0 spiro atoms. The summed E-state index contributed by atoms with van der Waals surface area (Å²) in [6.45, 7) is 1.68. The molecule has 1 aliphatic rings. The van der Waals surface area contributed by atoms with Gasteiger partial charge in [0.1, 0.15) is 23.0 Å². The molecule has 2 aromatic rings. The summed E-state index contributed by atoms with van der Waals surface area (Å²) < 4.78 is 10.5. The zero-order valence-corrected chi connectivity index (χ0v) is 15.0. The first kappa shape index (κ1) is 18.1. The van der Waals surface area contributed by atoms with Gasteiger partial charge in [0.05, 0.1) is 30.9 Å². The molecule has 1 amide bonds. The Bertz CT molecular complexity index is 981. The minimum atomic E-state index is -0.522. The summed E-state index contributed by atoms with van der Waals surface area (Å²) in [6, 6.07) is 11.3. The van der Waals surface area contributed by atoms with E-state index in [4.69, 9.17) is 9.47 Å². The smallest absolute Gasteiger partial charge is 0.282 e. The number of hydrogen-bond donors (Lipinski definition) is 0. The number of carbonyl (C=O) groups is 1. The van der Waals surface area contributed by atoms with Crippen molar-refractivity contribution in [3.63, 3.8) is 0 Å². The van der Waals surface area contributed by atoms with Gasteiger partial charge in [-0.3, -0.25) is 19.8 Å². The third kappa shape index (κ3) is 3.37. The quantitative estimate of drug-likeness (QED) is 0.458. The van der Waals surface area contributed by atoms with E-state index >= 15 is 0 Å².